The van der Waals surface area contributed by atoms with E-state index in [1.54, 1.807) is 0 Å². The van der Waals surface area contributed by atoms with Crippen molar-refractivity contribution in [3.63, 3.8) is 0 Å². The molecule has 0 bridgehead atoms. The third-order valence-corrected chi connectivity index (χ3v) is 5.83. The number of amides is 1. The first kappa shape index (κ1) is 25.5. The van der Waals surface area contributed by atoms with Gasteiger partial charge in [-0.15, -0.1) is 0 Å². The molecule has 0 spiro atoms. The van der Waals surface area contributed by atoms with E-state index in [1.165, 1.54) is 0 Å². The maximum Gasteiger partial charge on any atom is 0.274 e. The minimum Gasteiger partial charge on any atom is -0.493 e. The number of carbonyl (C=O) groups is 1. The van der Waals surface area contributed by atoms with Crippen LogP contribution in [0.1, 0.15) is 83.3 Å². The zero-order chi connectivity index (χ0) is 23.0. The van der Waals surface area contributed by atoms with Gasteiger partial charge in [0.2, 0.25) is 0 Å². The molecule has 0 aliphatic heterocycles. The number of hydrogen-bond donors (Lipinski definition) is 1. The number of halogens is 1. The van der Waals surface area contributed by atoms with E-state index in [0.29, 0.717) is 34.8 Å². The van der Waals surface area contributed by atoms with Crippen molar-refractivity contribution in [1.29, 1.82) is 0 Å². The van der Waals surface area contributed by atoms with E-state index in [0.717, 1.165) is 42.6 Å². The van der Waals surface area contributed by atoms with Gasteiger partial charge < -0.3 is 19.3 Å². The molecule has 0 unspecified atom stereocenters. The summed E-state index contributed by atoms with van der Waals surface area (Å²) in [7, 11) is 0. The van der Waals surface area contributed by atoms with E-state index in [4.69, 9.17) is 14.0 Å². The summed E-state index contributed by atoms with van der Waals surface area (Å²) in [6, 6.07) is 4.03. The van der Waals surface area contributed by atoms with Crippen molar-refractivity contribution >= 4 is 28.5 Å². The van der Waals surface area contributed by atoms with Crippen LogP contribution in [0.2, 0.25) is 0 Å². The Labute approximate surface area is 199 Å². The zero-order valence-corrected chi connectivity index (χ0v) is 21.7. The van der Waals surface area contributed by atoms with Gasteiger partial charge in [-0.25, -0.2) is 0 Å². The molecule has 0 aliphatic carbocycles. The average Bonchev–Trinajstić information content (AvgIpc) is 3.09. The minimum absolute atomic E-state index is 0.147. The van der Waals surface area contributed by atoms with Gasteiger partial charge in [-0.3, -0.25) is 4.79 Å². The van der Waals surface area contributed by atoms with Gasteiger partial charge in [0.15, 0.2) is 11.5 Å². The summed E-state index contributed by atoms with van der Waals surface area (Å²) in [4.78, 5) is 12.3. The van der Waals surface area contributed by atoms with Crippen LogP contribution in [0, 0.1) is 3.57 Å². The molecule has 0 fully saturated rings. The minimum atomic E-state index is -0.245. The molecular weight excluding hydrogens is 507 g/mol. The summed E-state index contributed by atoms with van der Waals surface area (Å²) in [5.41, 5.74) is 1.99. The molecule has 1 N–H and O–H groups in total. The summed E-state index contributed by atoms with van der Waals surface area (Å²) in [6.45, 7) is 14.4. The highest BCUT2D eigenvalue weighted by Crippen LogP contribution is 2.43. The number of ether oxygens (including phenoxy) is 2. The van der Waals surface area contributed by atoms with E-state index in [1.807, 2.05) is 13.0 Å². The van der Waals surface area contributed by atoms with Gasteiger partial charge in [0.1, 0.15) is 11.5 Å². The highest BCUT2D eigenvalue weighted by Gasteiger charge is 2.27. The number of carbonyl (C=O) groups excluding carboxylic acids is 1. The van der Waals surface area contributed by atoms with Crippen molar-refractivity contribution in [1.82, 2.24) is 10.5 Å². The third-order valence-electron chi connectivity index (χ3n) is 4.83. The maximum atomic E-state index is 12.3. The lowest BCUT2D eigenvalue weighted by atomic mass is 9.85. The van der Waals surface area contributed by atoms with Crippen LogP contribution in [0.15, 0.2) is 16.7 Å². The van der Waals surface area contributed by atoms with Gasteiger partial charge in [-0.05, 0) is 53.8 Å². The van der Waals surface area contributed by atoms with Gasteiger partial charge in [0.05, 0.1) is 22.3 Å². The molecule has 1 heterocycles. The van der Waals surface area contributed by atoms with Crippen LogP contribution in [0.3, 0.4) is 0 Å². The quantitative estimate of drug-likeness (QED) is 0.265. The number of aromatic nitrogens is 1. The van der Waals surface area contributed by atoms with Gasteiger partial charge in [-0.1, -0.05) is 52.6 Å². The van der Waals surface area contributed by atoms with E-state index < -0.39 is 0 Å². The molecule has 0 atom stereocenters. The molecule has 7 heteroatoms. The van der Waals surface area contributed by atoms with Crippen molar-refractivity contribution < 1.29 is 18.8 Å². The summed E-state index contributed by atoms with van der Waals surface area (Å²) in [6.07, 6.45) is 4.05. The molecular formula is C24H35IN2O4. The molecule has 172 valence electrons. The highest BCUT2D eigenvalue weighted by molar-refractivity contribution is 14.1. The lowest BCUT2D eigenvalue weighted by Crippen LogP contribution is -2.23. The third kappa shape index (κ3) is 6.60. The molecule has 1 aromatic heterocycles. The normalized spacial score (nSPS) is 11.5. The molecule has 6 nitrogen and oxygen atoms in total. The fraction of sp³-hybridized carbons (Fsp3) is 0.583. The topological polar surface area (TPSA) is 73.6 Å². The number of nitrogens with one attached hydrogen (secondary N) is 1. The second kappa shape index (κ2) is 11.7. The lowest BCUT2D eigenvalue weighted by Gasteiger charge is -2.25. The number of unbranched alkanes of at least 4 members (excludes halogenated alkanes) is 2. The van der Waals surface area contributed by atoms with Crippen LogP contribution in [-0.4, -0.2) is 30.8 Å². The Kier molecular flexibility index (Phi) is 9.65. The largest absolute Gasteiger partial charge is 0.493 e. The smallest absolute Gasteiger partial charge is 0.274 e. The van der Waals surface area contributed by atoms with Gasteiger partial charge in [-0.2, -0.15) is 0 Å². The predicted octanol–water partition coefficient (Wildman–Crippen LogP) is 6.35. The zero-order valence-electron chi connectivity index (χ0n) is 19.6. The molecule has 0 saturated carbocycles. The fourth-order valence-corrected chi connectivity index (χ4v) is 3.78. The van der Waals surface area contributed by atoms with Crippen LogP contribution in [0.25, 0.3) is 11.3 Å². The Morgan fingerprint density at radius 2 is 1.68 bits per heavy atom. The summed E-state index contributed by atoms with van der Waals surface area (Å²) in [5, 5.41) is 6.82. The maximum absolute atomic E-state index is 12.3. The fourth-order valence-electron chi connectivity index (χ4n) is 3.05. The second-order valence-corrected chi connectivity index (χ2v) is 9.61. The highest BCUT2D eigenvalue weighted by atomic mass is 127. The first-order chi connectivity index (χ1) is 14.7. The van der Waals surface area contributed by atoms with E-state index >= 15 is 0 Å². The van der Waals surface area contributed by atoms with Crippen LogP contribution in [0.5, 0.6) is 11.5 Å². The average molecular weight is 542 g/mol. The van der Waals surface area contributed by atoms with Crippen LogP contribution >= 0.6 is 22.6 Å². The Morgan fingerprint density at radius 1 is 1.06 bits per heavy atom. The molecule has 0 aliphatic rings. The number of hydrogen-bond acceptors (Lipinski definition) is 5. The number of nitrogens with zero attached hydrogens (tertiary/aromatic N) is 1. The van der Waals surface area contributed by atoms with Crippen molar-refractivity contribution in [2.75, 3.05) is 19.8 Å². The van der Waals surface area contributed by atoms with Crippen molar-refractivity contribution in [3.8, 4) is 22.8 Å². The predicted molar refractivity (Wildman–Crippen MR) is 132 cm³/mol. The molecule has 0 saturated heterocycles. The monoisotopic (exact) mass is 542 g/mol. The number of rotatable bonds is 11. The number of benzene rings is 1. The summed E-state index contributed by atoms with van der Waals surface area (Å²) in [5.74, 6) is 1.81. The van der Waals surface area contributed by atoms with Gasteiger partial charge in [0.25, 0.3) is 5.91 Å². The van der Waals surface area contributed by atoms with E-state index in [2.05, 4.69) is 73.7 Å². The first-order valence-corrected chi connectivity index (χ1v) is 12.2. The Morgan fingerprint density at radius 3 is 2.23 bits per heavy atom. The van der Waals surface area contributed by atoms with Crippen molar-refractivity contribution in [2.24, 2.45) is 0 Å². The first-order valence-electron chi connectivity index (χ1n) is 11.1. The Hall–Kier alpha value is -1.77. The molecule has 1 amide bonds. The SMILES string of the molecule is CCCCOc1cc(OCCCC)c(C(C)(C)C)cc1-c1onc(C(=O)NCC)c1I. The molecule has 2 rings (SSSR count). The molecule has 2 aromatic rings. The molecule has 31 heavy (non-hydrogen) atoms. The second-order valence-electron chi connectivity index (χ2n) is 8.53. The molecule has 0 radical (unpaired) electrons. The van der Waals surface area contributed by atoms with Crippen molar-refractivity contribution in [2.45, 2.75) is 72.6 Å². The van der Waals surface area contributed by atoms with Gasteiger partial charge >= 0.3 is 0 Å². The lowest BCUT2D eigenvalue weighted by molar-refractivity contribution is 0.0946. The van der Waals surface area contributed by atoms with E-state index in [9.17, 15) is 4.79 Å². The van der Waals surface area contributed by atoms with Crippen LogP contribution < -0.4 is 14.8 Å². The van der Waals surface area contributed by atoms with Crippen molar-refractivity contribution in [3.05, 3.63) is 27.0 Å². The van der Waals surface area contributed by atoms with Crippen LogP contribution in [-0.2, 0) is 5.41 Å². The summed E-state index contributed by atoms with van der Waals surface area (Å²) >= 11 is 2.12. The van der Waals surface area contributed by atoms with Crippen LogP contribution in [0.4, 0.5) is 0 Å². The standard InChI is InChI=1S/C24H35IN2O4/c1-7-10-12-29-18-15-19(30-13-11-8-2)17(24(4,5)6)14-16(18)22-20(25)21(27-31-22)23(28)26-9-3/h14-15H,7-13H2,1-6H3,(H,26,28). The Balaban J connectivity index is 2.59. The summed E-state index contributed by atoms with van der Waals surface area (Å²) < 4.78 is 18.6. The Bertz CT molecular complexity index is 871. The van der Waals surface area contributed by atoms with E-state index in [-0.39, 0.29) is 17.0 Å². The molecule has 1 aromatic carbocycles. The van der Waals surface area contributed by atoms with Gasteiger partial charge in [0, 0.05) is 18.2 Å².